The molecule has 2 aromatic heterocycles. The van der Waals surface area contributed by atoms with Crippen molar-refractivity contribution in [2.24, 2.45) is 7.05 Å². The third-order valence-corrected chi connectivity index (χ3v) is 7.48. The molecule has 1 atom stereocenters. The van der Waals surface area contributed by atoms with Gasteiger partial charge >= 0.3 is 0 Å². The van der Waals surface area contributed by atoms with Crippen molar-refractivity contribution in [2.75, 3.05) is 6.54 Å². The van der Waals surface area contributed by atoms with E-state index in [1.165, 1.54) is 5.56 Å². The Balaban J connectivity index is 1.38. The van der Waals surface area contributed by atoms with E-state index >= 15 is 0 Å². The van der Waals surface area contributed by atoms with Crippen LogP contribution in [0.2, 0.25) is 0 Å². The molecule has 0 aliphatic carbocycles. The van der Waals surface area contributed by atoms with Crippen LogP contribution < -0.4 is 4.74 Å². The van der Waals surface area contributed by atoms with Gasteiger partial charge in [0.1, 0.15) is 11.5 Å². The number of ketones is 1. The van der Waals surface area contributed by atoms with Crippen molar-refractivity contribution in [1.29, 1.82) is 0 Å². The van der Waals surface area contributed by atoms with Gasteiger partial charge in [0.05, 0.1) is 11.1 Å². The Labute approximate surface area is 210 Å². The van der Waals surface area contributed by atoms with E-state index in [-0.39, 0.29) is 17.6 Å². The maximum atomic E-state index is 13.5. The van der Waals surface area contributed by atoms with Crippen molar-refractivity contribution in [3.63, 3.8) is 0 Å². The molecule has 6 rings (SSSR count). The number of aryl methyl sites for hydroxylation is 2. The van der Waals surface area contributed by atoms with Gasteiger partial charge in [-0.05, 0) is 61.7 Å². The monoisotopic (exact) mass is 479 g/mol. The van der Waals surface area contributed by atoms with Crippen LogP contribution >= 0.6 is 0 Å². The van der Waals surface area contributed by atoms with Gasteiger partial charge in [-0.25, -0.2) is 0 Å². The summed E-state index contributed by atoms with van der Waals surface area (Å²) < 4.78 is 8.31. The third-order valence-electron chi connectivity index (χ3n) is 7.48. The van der Waals surface area contributed by atoms with Crippen LogP contribution in [0.25, 0.3) is 17.0 Å². The van der Waals surface area contributed by atoms with Gasteiger partial charge in [-0.2, -0.15) is 0 Å². The summed E-state index contributed by atoms with van der Waals surface area (Å²) in [7, 11) is 1.99. The fraction of sp³-hybridized carbons (Fsp3) is 0.267. The SMILES string of the molecule is Cc1cc(O)c(CN2CCCC[C@H]2c2cccnc2)c2c1C(=O)/C(=C/c1cn(C)c3ccccc13)O2. The maximum absolute atomic E-state index is 13.5. The number of nitrogens with zero attached hydrogens (tertiary/aromatic N) is 3. The number of carbonyl (C=O) groups is 1. The molecule has 0 amide bonds. The number of para-hydroxylation sites is 1. The van der Waals surface area contributed by atoms with Gasteiger partial charge in [-0.3, -0.25) is 14.7 Å². The summed E-state index contributed by atoms with van der Waals surface area (Å²) >= 11 is 0. The number of Topliss-reactive ketones (excluding diaryl/α,β-unsaturated/α-hetero) is 1. The number of aromatic hydroxyl groups is 1. The number of aromatic nitrogens is 2. The van der Waals surface area contributed by atoms with E-state index in [4.69, 9.17) is 4.74 Å². The van der Waals surface area contributed by atoms with Gasteiger partial charge < -0.3 is 14.4 Å². The molecule has 0 spiro atoms. The molecule has 2 aliphatic heterocycles. The highest BCUT2D eigenvalue weighted by molar-refractivity contribution is 6.16. The highest BCUT2D eigenvalue weighted by Gasteiger charge is 2.35. The number of phenolic OH excluding ortho intramolecular Hbond substituents is 1. The Morgan fingerprint density at radius 1 is 1.19 bits per heavy atom. The first kappa shape index (κ1) is 22.6. The number of pyridine rings is 1. The largest absolute Gasteiger partial charge is 0.507 e. The number of benzene rings is 2. The highest BCUT2D eigenvalue weighted by atomic mass is 16.5. The lowest BCUT2D eigenvalue weighted by molar-refractivity contribution is 0.101. The molecule has 0 unspecified atom stereocenters. The van der Waals surface area contributed by atoms with Crippen molar-refractivity contribution in [1.82, 2.24) is 14.5 Å². The van der Waals surface area contributed by atoms with E-state index in [9.17, 15) is 9.90 Å². The van der Waals surface area contributed by atoms with Crippen LogP contribution in [0.1, 0.15) is 57.9 Å². The number of hydrogen-bond donors (Lipinski definition) is 1. The lowest BCUT2D eigenvalue weighted by atomic mass is 9.94. The minimum absolute atomic E-state index is 0.140. The Morgan fingerprint density at radius 2 is 2.06 bits per heavy atom. The molecular formula is C30H29N3O3. The predicted octanol–water partition coefficient (Wildman–Crippen LogP) is 5.93. The number of likely N-dealkylation sites (tertiary alicyclic amines) is 1. The molecule has 4 aromatic rings. The molecule has 1 saturated heterocycles. The number of ether oxygens (including phenoxy) is 1. The minimum atomic E-state index is -0.140. The number of hydrogen-bond acceptors (Lipinski definition) is 5. The highest BCUT2D eigenvalue weighted by Crippen LogP contribution is 2.44. The van der Waals surface area contributed by atoms with Gasteiger partial charge in [0.15, 0.2) is 5.76 Å². The molecule has 36 heavy (non-hydrogen) atoms. The second-order valence-electron chi connectivity index (χ2n) is 9.82. The van der Waals surface area contributed by atoms with Crippen LogP contribution in [0.3, 0.4) is 0 Å². The molecule has 1 fully saturated rings. The second kappa shape index (κ2) is 8.95. The number of allylic oxidation sites excluding steroid dienone is 1. The molecule has 4 heterocycles. The van der Waals surface area contributed by atoms with Crippen LogP contribution in [-0.2, 0) is 13.6 Å². The van der Waals surface area contributed by atoms with Gasteiger partial charge in [0, 0.05) is 54.7 Å². The van der Waals surface area contributed by atoms with Crippen molar-refractivity contribution in [3.8, 4) is 11.5 Å². The smallest absolute Gasteiger partial charge is 0.232 e. The number of piperidine rings is 1. The van der Waals surface area contributed by atoms with Gasteiger partial charge in [0.25, 0.3) is 0 Å². The van der Waals surface area contributed by atoms with Crippen molar-refractivity contribution in [3.05, 3.63) is 94.6 Å². The number of fused-ring (bicyclic) bond motifs is 2. The summed E-state index contributed by atoms with van der Waals surface area (Å²) in [6, 6.07) is 14.1. The van der Waals surface area contributed by atoms with Crippen molar-refractivity contribution in [2.45, 2.75) is 38.8 Å². The summed E-state index contributed by atoms with van der Waals surface area (Å²) in [5.41, 5.74) is 5.13. The summed E-state index contributed by atoms with van der Waals surface area (Å²) in [4.78, 5) is 20.2. The number of phenols is 1. The number of rotatable bonds is 4. The van der Waals surface area contributed by atoms with E-state index in [0.29, 0.717) is 29.2 Å². The van der Waals surface area contributed by atoms with E-state index in [1.54, 1.807) is 12.3 Å². The Kier molecular flexibility index (Phi) is 5.61. The minimum Gasteiger partial charge on any atom is -0.507 e. The molecule has 0 saturated carbocycles. The zero-order valence-electron chi connectivity index (χ0n) is 20.6. The van der Waals surface area contributed by atoms with E-state index < -0.39 is 0 Å². The van der Waals surface area contributed by atoms with E-state index in [1.807, 2.05) is 61.3 Å². The fourth-order valence-electron chi connectivity index (χ4n) is 5.70. The van der Waals surface area contributed by atoms with Gasteiger partial charge in [-0.15, -0.1) is 0 Å². The lowest BCUT2D eigenvalue weighted by Crippen LogP contribution is -2.33. The molecule has 0 radical (unpaired) electrons. The predicted molar refractivity (Wildman–Crippen MR) is 140 cm³/mol. The molecule has 2 aromatic carbocycles. The van der Waals surface area contributed by atoms with Gasteiger partial charge in [0.2, 0.25) is 5.78 Å². The average molecular weight is 480 g/mol. The Hall–Kier alpha value is -3.90. The van der Waals surface area contributed by atoms with Crippen LogP contribution in [-0.4, -0.2) is 31.9 Å². The summed E-state index contributed by atoms with van der Waals surface area (Å²) in [5, 5.41) is 12.1. The zero-order valence-corrected chi connectivity index (χ0v) is 20.6. The zero-order chi connectivity index (χ0) is 24.8. The first-order valence-electron chi connectivity index (χ1n) is 12.5. The topological polar surface area (TPSA) is 67.6 Å². The number of carbonyl (C=O) groups excluding carboxylic acids is 1. The normalized spacial score (nSPS) is 19.1. The fourth-order valence-corrected chi connectivity index (χ4v) is 5.70. The molecular weight excluding hydrogens is 450 g/mol. The first-order valence-corrected chi connectivity index (χ1v) is 12.5. The van der Waals surface area contributed by atoms with Crippen LogP contribution in [0.5, 0.6) is 11.5 Å². The molecule has 0 bridgehead atoms. The van der Waals surface area contributed by atoms with E-state index in [0.717, 1.165) is 47.8 Å². The summed E-state index contributed by atoms with van der Waals surface area (Å²) in [6.45, 7) is 3.26. The van der Waals surface area contributed by atoms with Crippen LogP contribution in [0.4, 0.5) is 0 Å². The quantitative estimate of drug-likeness (QED) is 0.368. The average Bonchev–Trinajstić information content (AvgIpc) is 3.39. The second-order valence-corrected chi connectivity index (χ2v) is 9.82. The standard InChI is InChI=1S/C30H29N3O3/c1-19-14-26(34)23(18-33-13-6-5-10-24(33)20-8-7-12-31-16-20)30-28(19)29(35)27(36-30)15-21-17-32(2)25-11-4-3-9-22(21)25/h3-4,7-9,11-12,14-17,24,34H,5-6,10,13,18H2,1-2H3/b27-15-/t24-/m0/s1. The molecule has 6 heteroatoms. The lowest BCUT2D eigenvalue weighted by Gasteiger charge is -2.36. The molecule has 2 aliphatic rings. The first-order chi connectivity index (χ1) is 17.5. The Morgan fingerprint density at radius 3 is 2.89 bits per heavy atom. The van der Waals surface area contributed by atoms with E-state index in [2.05, 4.69) is 22.0 Å². The van der Waals surface area contributed by atoms with Crippen LogP contribution in [0.15, 0.2) is 66.8 Å². The molecule has 1 N–H and O–H groups in total. The third kappa shape index (κ3) is 3.78. The van der Waals surface area contributed by atoms with Crippen LogP contribution in [0, 0.1) is 6.92 Å². The maximum Gasteiger partial charge on any atom is 0.232 e. The van der Waals surface area contributed by atoms with Gasteiger partial charge in [-0.1, -0.05) is 30.7 Å². The molecule has 182 valence electrons. The van der Waals surface area contributed by atoms with Crippen molar-refractivity contribution >= 4 is 22.8 Å². The molecule has 6 nitrogen and oxygen atoms in total. The van der Waals surface area contributed by atoms with Crippen molar-refractivity contribution < 1.29 is 14.6 Å². The Bertz CT molecular complexity index is 1500. The summed E-state index contributed by atoms with van der Waals surface area (Å²) in [6.07, 6.45) is 10.8. The summed E-state index contributed by atoms with van der Waals surface area (Å²) in [5.74, 6) is 0.804.